The molecule has 100 valence electrons. The molecule has 0 atom stereocenters. The van der Waals surface area contributed by atoms with Gasteiger partial charge < -0.3 is 0 Å². The van der Waals surface area contributed by atoms with E-state index in [1.54, 1.807) is 4.80 Å². The summed E-state index contributed by atoms with van der Waals surface area (Å²) in [5.74, 6) is 0. The Kier molecular flexibility index (Phi) is 3.33. The molecule has 0 radical (unpaired) electrons. The fourth-order valence-electron chi connectivity index (χ4n) is 2.15. The Morgan fingerprint density at radius 1 is 0.950 bits per heavy atom. The van der Waals surface area contributed by atoms with Crippen LogP contribution in [0.3, 0.4) is 0 Å². The van der Waals surface area contributed by atoms with E-state index in [0.29, 0.717) is 6.54 Å². The van der Waals surface area contributed by atoms with Crippen LogP contribution < -0.4 is 0 Å². The first-order valence-electron chi connectivity index (χ1n) is 6.76. The van der Waals surface area contributed by atoms with Gasteiger partial charge in [-0.25, -0.2) is 0 Å². The van der Waals surface area contributed by atoms with Gasteiger partial charge in [0.25, 0.3) is 0 Å². The number of hydrogen-bond acceptors (Lipinski definition) is 2. The molecule has 0 bridgehead atoms. The topological polar surface area (TPSA) is 30.7 Å². The number of rotatable bonds is 3. The third-order valence-corrected chi connectivity index (χ3v) is 3.42. The van der Waals surface area contributed by atoms with Crippen molar-refractivity contribution in [3.63, 3.8) is 0 Å². The monoisotopic (exact) mass is 263 g/mol. The number of benzene rings is 2. The summed E-state index contributed by atoms with van der Waals surface area (Å²) in [5, 5.41) is 9.00. The normalized spacial score (nSPS) is 11.5. The second-order valence-corrected chi connectivity index (χ2v) is 4.99. The van der Waals surface area contributed by atoms with Crippen molar-refractivity contribution in [3.05, 3.63) is 65.2 Å². The molecule has 0 aliphatic heterocycles. The first-order valence-corrected chi connectivity index (χ1v) is 6.76. The van der Waals surface area contributed by atoms with E-state index >= 15 is 0 Å². The largest absolute Gasteiger partial charge is 0.180 e. The van der Waals surface area contributed by atoms with Crippen LogP contribution in [0.1, 0.15) is 16.7 Å². The van der Waals surface area contributed by atoms with Crippen molar-refractivity contribution in [1.29, 1.82) is 0 Å². The van der Waals surface area contributed by atoms with Crippen molar-refractivity contribution < 1.29 is 0 Å². The van der Waals surface area contributed by atoms with Crippen molar-refractivity contribution in [1.82, 2.24) is 15.0 Å². The fraction of sp³-hybridized carbons (Fsp3) is 0.176. The van der Waals surface area contributed by atoms with Crippen LogP contribution in [0.5, 0.6) is 0 Å². The van der Waals surface area contributed by atoms with E-state index in [2.05, 4.69) is 60.5 Å². The highest BCUT2D eigenvalue weighted by atomic mass is 15.5. The van der Waals surface area contributed by atoms with Gasteiger partial charge in [0, 0.05) is 0 Å². The lowest BCUT2D eigenvalue weighted by Crippen LogP contribution is -1.99. The molecule has 0 spiro atoms. The predicted molar refractivity (Wildman–Crippen MR) is 82.5 cm³/mol. The molecule has 3 heteroatoms. The lowest BCUT2D eigenvalue weighted by Gasteiger charge is -1.95. The highest BCUT2D eigenvalue weighted by molar-refractivity contribution is 5.75. The quantitative estimate of drug-likeness (QED) is 0.720. The van der Waals surface area contributed by atoms with Gasteiger partial charge in [0.05, 0.1) is 6.54 Å². The van der Waals surface area contributed by atoms with E-state index in [1.165, 1.54) is 16.7 Å². The average molecular weight is 263 g/mol. The van der Waals surface area contributed by atoms with Crippen LogP contribution in [0.4, 0.5) is 0 Å². The van der Waals surface area contributed by atoms with Crippen LogP contribution in [-0.2, 0) is 6.54 Å². The van der Waals surface area contributed by atoms with Gasteiger partial charge >= 0.3 is 0 Å². The Morgan fingerprint density at radius 2 is 1.55 bits per heavy atom. The van der Waals surface area contributed by atoms with E-state index in [9.17, 15) is 0 Å². The Bertz CT molecular complexity index is 716. The van der Waals surface area contributed by atoms with E-state index in [4.69, 9.17) is 0 Å². The van der Waals surface area contributed by atoms with E-state index in [0.717, 1.165) is 11.0 Å². The number of allylic oxidation sites excluding steroid dienone is 1. The molecule has 1 heterocycles. The summed E-state index contributed by atoms with van der Waals surface area (Å²) in [7, 11) is 0. The maximum Gasteiger partial charge on any atom is 0.113 e. The summed E-state index contributed by atoms with van der Waals surface area (Å²) in [6.45, 7) is 4.88. The first kappa shape index (κ1) is 12.6. The molecule has 0 fully saturated rings. The number of aryl methyl sites for hydroxylation is 2. The Hall–Kier alpha value is -2.42. The second-order valence-electron chi connectivity index (χ2n) is 4.99. The molecule has 0 aliphatic carbocycles. The summed E-state index contributed by atoms with van der Waals surface area (Å²) >= 11 is 0. The SMILES string of the molecule is Cc1cc2nn(CC=Cc3ccccc3)nc2cc1C. The van der Waals surface area contributed by atoms with E-state index < -0.39 is 0 Å². The molecule has 3 rings (SSSR count). The third kappa shape index (κ3) is 2.62. The van der Waals surface area contributed by atoms with E-state index in [-0.39, 0.29) is 0 Å². The van der Waals surface area contributed by atoms with Gasteiger partial charge in [-0.05, 0) is 42.7 Å². The Balaban J connectivity index is 1.80. The lowest BCUT2D eigenvalue weighted by atomic mass is 10.1. The molecule has 3 nitrogen and oxygen atoms in total. The van der Waals surface area contributed by atoms with Crippen LogP contribution in [0.25, 0.3) is 17.1 Å². The molecule has 0 saturated heterocycles. The summed E-state index contributed by atoms with van der Waals surface area (Å²) in [6.07, 6.45) is 4.17. The zero-order chi connectivity index (χ0) is 13.9. The number of hydrogen-bond donors (Lipinski definition) is 0. The van der Waals surface area contributed by atoms with Gasteiger partial charge in [-0.2, -0.15) is 15.0 Å². The van der Waals surface area contributed by atoms with Crippen LogP contribution >= 0.6 is 0 Å². The van der Waals surface area contributed by atoms with Gasteiger partial charge in [0.2, 0.25) is 0 Å². The maximum atomic E-state index is 4.50. The minimum Gasteiger partial charge on any atom is -0.180 e. The Labute approximate surface area is 118 Å². The first-order chi connectivity index (χ1) is 9.72. The Morgan fingerprint density at radius 3 is 2.15 bits per heavy atom. The minimum absolute atomic E-state index is 0.682. The fourth-order valence-corrected chi connectivity index (χ4v) is 2.15. The summed E-state index contributed by atoms with van der Waals surface area (Å²) < 4.78 is 0. The summed E-state index contributed by atoms with van der Waals surface area (Å²) in [6, 6.07) is 14.4. The number of fused-ring (bicyclic) bond motifs is 1. The van der Waals surface area contributed by atoms with Crippen LogP contribution in [-0.4, -0.2) is 15.0 Å². The molecular formula is C17H17N3. The van der Waals surface area contributed by atoms with Crippen molar-refractivity contribution in [2.75, 3.05) is 0 Å². The van der Waals surface area contributed by atoms with Gasteiger partial charge in [0.15, 0.2) is 0 Å². The lowest BCUT2D eigenvalue weighted by molar-refractivity contribution is 0.613. The molecule has 0 N–H and O–H groups in total. The molecule has 0 unspecified atom stereocenters. The third-order valence-electron chi connectivity index (χ3n) is 3.42. The second kappa shape index (κ2) is 5.29. The smallest absolute Gasteiger partial charge is 0.113 e. The predicted octanol–water partition coefficient (Wildman–Crippen LogP) is 3.76. The number of nitrogens with zero attached hydrogens (tertiary/aromatic N) is 3. The van der Waals surface area contributed by atoms with Gasteiger partial charge in [-0.3, -0.25) is 0 Å². The van der Waals surface area contributed by atoms with Crippen molar-refractivity contribution >= 4 is 17.1 Å². The highest BCUT2D eigenvalue weighted by Crippen LogP contribution is 2.15. The number of aromatic nitrogens is 3. The van der Waals surface area contributed by atoms with Crippen molar-refractivity contribution in [2.45, 2.75) is 20.4 Å². The molecule has 0 aliphatic rings. The molecule has 0 saturated carbocycles. The minimum atomic E-state index is 0.682. The summed E-state index contributed by atoms with van der Waals surface area (Å²) in [4.78, 5) is 1.74. The van der Waals surface area contributed by atoms with Gasteiger partial charge in [0.1, 0.15) is 11.0 Å². The zero-order valence-corrected chi connectivity index (χ0v) is 11.7. The van der Waals surface area contributed by atoms with Crippen molar-refractivity contribution in [3.8, 4) is 0 Å². The average Bonchev–Trinajstić information content (AvgIpc) is 2.82. The molecule has 1 aromatic heterocycles. The summed E-state index contributed by atoms with van der Waals surface area (Å²) in [5.41, 5.74) is 5.62. The molecular weight excluding hydrogens is 246 g/mol. The highest BCUT2D eigenvalue weighted by Gasteiger charge is 2.03. The van der Waals surface area contributed by atoms with Gasteiger partial charge in [-0.15, -0.1) is 0 Å². The van der Waals surface area contributed by atoms with Crippen LogP contribution in [0.2, 0.25) is 0 Å². The molecule has 3 aromatic rings. The zero-order valence-electron chi connectivity index (χ0n) is 11.7. The molecule has 2 aromatic carbocycles. The standard InChI is InChI=1S/C17H17N3/c1-13-11-16-17(12-14(13)2)19-20(18-16)10-6-9-15-7-4-3-5-8-15/h3-9,11-12H,10H2,1-2H3. The van der Waals surface area contributed by atoms with Gasteiger partial charge in [-0.1, -0.05) is 42.5 Å². The van der Waals surface area contributed by atoms with Crippen molar-refractivity contribution in [2.24, 2.45) is 0 Å². The molecule has 0 amide bonds. The van der Waals surface area contributed by atoms with Crippen LogP contribution in [0.15, 0.2) is 48.5 Å². The molecule has 20 heavy (non-hydrogen) atoms. The maximum absolute atomic E-state index is 4.50. The van der Waals surface area contributed by atoms with Crippen LogP contribution in [0, 0.1) is 13.8 Å². The van der Waals surface area contributed by atoms with E-state index in [1.807, 2.05) is 18.2 Å².